The molecule has 0 atom stereocenters. The lowest BCUT2D eigenvalue weighted by molar-refractivity contribution is 0.490. The van der Waals surface area contributed by atoms with Gasteiger partial charge in [0.1, 0.15) is 17.2 Å². The molecule has 0 bridgehead atoms. The zero-order chi connectivity index (χ0) is 13.1. The number of nitrogens with one attached hydrogen (secondary N) is 2. The minimum absolute atomic E-state index is 0.102. The summed E-state index contributed by atoms with van der Waals surface area (Å²) < 4.78 is 5.45. The molecule has 0 aliphatic heterocycles. The van der Waals surface area contributed by atoms with E-state index >= 15 is 0 Å². The molecule has 0 radical (unpaired) electrons. The third-order valence-electron chi connectivity index (χ3n) is 2.39. The topological polar surface area (TPSA) is 89.0 Å². The SMILES string of the molecule is CNc1c(N)nc(Cl)nc1NCc1ccc(C)o1. The van der Waals surface area contributed by atoms with Crippen molar-refractivity contribution < 1.29 is 4.42 Å². The van der Waals surface area contributed by atoms with Gasteiger partial charge < -0.3 is 20.8 Å². The lowest BCUT2D eigenvalue weighted by atomic mass is 10.4. The van der Waals surface area contributed by atoms with Crippen molar-refractivity contribution in [2.75, 3.05) is 23.4 Å². The first-order valence-corrected chi connectivity index (χ1v) is 5.78. The van der Waals surface area contributed by atoms with Crippen LogP contribution in [0.25, 0.3) is 0 Å². The monoisotopic (exact) mass is 267 g/mol. The highest BCUT2D eigenvalue weighted by molar-refractivity contribution is 6.28. The van der Waals surface area contributed by atoms with Crippen LogP contribution in [0.3, 0.4) is 0 Å². The molecule has 0 aromatic carbocycles. The van der Waals surface area contributed by atoms with Crippen molar-refractivity contribution in [2.24, 2.45) is 0 Å². The van der Waals surface area contributed by atoms with Gasteiger partial charge in [-0.3, -0.25) is 0 Å². The summed E-state index contributed by atoms with van der Waals surface area (Å²) in [4.78, 5) is 7.96. The standard InChI is InChI=1S/C11H14ClN5O/c1-6-3-4-7(18-6)5-15-10-8(14-2)9(13)16-11(12)17-10/h3-4,14H,5H2,1-2H3,(H3,13,15,16,17). The summed E-state index contributed by atoms with van der Waals surface area (Å²) in [6.45, 7) is 2.39. The van der Waals surface area contributed by atoms with Gasteiger partial charge in [-0.2, -0.15) is 9.97 Å². The maximum Gasteiger partial charge on any atom is 0.226 e. The Morgan fingerprint density at radius 2 is 2.17 bits per heavy atom. The van der Waals surface area contributed by atoms with Gasteiger partial charge in [0.15, 0.2) is 11.6 Å². The van der Waals surface area contributed by atoms with Crippen LogP contribution < -0.4 is 16.4 Å². The number of furan rings is 1. The van der Waals surface area contributed by atoms with E-state index in [1.165, 1.54) is 0 Å². The first-order valence-electron chi connectivity index (χ1n) is 5.40. The van der Waals surface area contributed by atoms with Gasteiger partial charge in [0, 0.05) is 7.05 Å². The third-order valence-corrected chi connectivity index (χ3v) is 2.55. The summed E-state index contributed by atoms with van der Waals surface area (Å²) in [6.07, 6.45) is 0. The highest BCUT2D eigenvalue weighted by Gasteiger charge is 2.10. The molecule has 2 aromatic rings. The minimum Gasteiger partial charge on any atom is -0.465 e. The Kier molecular flexibility index (Phi) is 3.57. The average Bonchev–Trinajstić information content (AvgIpc) is 2.72. The zero-order valence-corrected chi connectivity index (χ0v) is 10.9. The second-order valence-corrected chi connectivity index (χ2v) is 4.06. The molecule has 0 amide bonds. The Hall–Kier alpha value is -1.95. The molecular formula is C11H14ClN5O. The van der Waals surface area contributed by atoms with Crippen molar-refractivity contribution in [3.8, 4) is 0 Å². The number of anilines is 3. The molecule has 0 unspecified atom stereocenters. The second kappa shape index (κ2) is 5.14. The van der Waals surface area contributed by atoms with Gasteiger partial charge in [-0.1, -0.05) is 0 Å². The fourth-order valence-corrected chi connectivity index (χ4v) is 1.75. The molecule has 6 nitrogen and oxygen atoms in total. The smallest absolute Gasteiger partial charge is 0.226 e. The lowest BCUT2D eigenvalue weighted by Gasteiger charge is -2.11. The first-order chi connectivity index (χ1) is 8.60. The summed E-state index contributed by atoms with van der Waals surface area (Å²) in [5.41, 5.74) is 6.36. The molecule has 0 saturated carbocycles. The van der Waals surface area contributed by atoms with Crippen molar-refractivity contribution in [3.05, 3.63) is 28.9 Å². The molecule has 0 spiro atoms. The van der Waals surface area contributed by atoms with Crippen LogP contribution in [0.1, 0.15) is 11.5 Å². The van der Waals surface area contributed by atoms with Crippen molar-refractivity contribution >= 4 is 28.9 Å². The Bertz CT molecular complexity index is 554. The lowest BCUT2D eigenvalue weighted by Crippen LogP contribution is -2.08. The predicted molar refractivity (Wildman–Crippen MR) is 71.8 cm³/mol. The van der Waals surface area contributed by atoms with Crippen molar-refractivity contribution in [1.82, 2.24) is 9.97 Å². The van der Waals surface area contributed by atoms with Crippen LogP contribution in [0, 0.1) is 6.92 Å². The summed E-state index contributed by atoms with van der Waals surface area (Å²) in [6, 6.07) is 3.80. The Labute approximate surface area is 110 Å². The normalized spacial score (nSPS) is 10.4. The van der Waals surface area contributed by atoms with Crippen LogP contribution in [0.15, 0.2) is 16.5 Å². The van der Waals surface area contributed by atoms with Crippen LogP contribution in [0.2, 0.25) is 5.28 Å². The number of nitrogen functional groups attached to an aromatic ring is 1. The van der Waals surface area contributed by atoms with E-state index in [4.69, 9.17) is 21.8 Å². The van der Waals surface area contributed by atoms with Gasteiger partial charge in [0.05, 0.1) is 6.54 Å². The number of nitrogens with zero attached hydrogens (tertiary/aromatic N) is 2. The second-order valence-electron chi connectivity index (χ2n) is 3.72. The Morgan fingerprint density at radius 1 is 1.39 bits per heavy atom. The number of aromatic nitrogens is 2. The van der Waals surface area contributed by atoms with Gasteiger partial charge >= 0.3 is 0 Å². The van der Waals surface area contributed by atoms with E-state index in [0.717, 1.165) is 11.5 Å². The maximum atomic E-state index is 5.77. The largest absolute Gasteiger partial charge is 0.465 e. The van der Waals surface area contributed by atoms with E-state index in [-0.39, 0.29) is 5.28 Å². The minimum atomic E-state index is 0.102. The number of hydrogen-bond donors (Lipinski definition) is 3. The van der Waals surface area contributed by atoms with Gasteiger partial charge in [-0.25, -0.2) is 0 Å². The van der Waals surface area contributed by atoms with Crippen molar-refractivity contribution in [3.63, 3.8) is 0 Å². The Balaban J connectivity index is 2.18. The number of aryl methyl sites for hydroxylation is 1. The molecule has 0 aliphatic rings. The van der Waals surface area contributed by atoms with E-state index in [2.05, 4.69) is 20.6 Å². The molecule has 0 fully saturated rings. The molecule has 2 aromatic heterocycles. The summed E-state index contributed by atoms with van der Waals surface area (Å²) in [5, 5.41) is 6.14. The molecular weight excluding hydrogens is 254 g/mol. The zero-order valence-electron chi connectivity index (χ0n) is 10.1. The van der Waals surface area contributed by atoms with E-state index in [1.54, 1.807) is 7.05 Å². The highest BCUT2D eigenvalue weighted by atomic mass is 35.5. The van der Waals surface area contributed by atoms with Gasteiger partial charge in [-0.15, -0.1) is 0 Å². The summed E-state index contributed by atoms with van der Waals surface area (Å²) >= 11 is 5.77. The van der Waals surface area contributed by atoms with E-state index in [0.29, 0.717) is 23.9 Å². The predicted octanol–water partition coefficient (Wildman–Crippen LogP) is 2.27. The van der Waals surface area contributed by atoms with Gasteiger partial charge in [-0.05, 0) is 30.7 Å². The van der Waals surface area contributed by atoms with Crippen LogP contribution >= 0.6 is 11.6 Å². The average molecular weight is 268 g/mol. The van der Waals surface area contributed by atoms with Crippen LogP contribution in [-0.2, 0) is 6.54 Å². The quantitative estimate of drug-likeness (QED) is 0.737. The summed E-state index contributed by atoms with van der Waals surface area (Å²) in [7, 11) is 1.74. The van der Waals surface area contributed by atoms with Gasteiger partial charge in [0.25, 0.3) is 0 Å². The van der Waals surface area contributed by atoms with E-state index in [1.807, 2.05) is 19.1 Å². The summed E-state index contributed by atoms with van der Waals surface area (Å²) in [5.74, 6) is 2.52. The third kappa shape index (κ3) is 2.65. The molecule has 0 aliphatic carbocycles. The molecule has 2 rings (SSSR count). The molecule has 0 saturated heterocycles. The number of halogens is 1. The van der Waals surface area contributed by atoms with E-state index in [9.17, 15) is 0 Å². The molecule has 18 heavy (non-hydrogen) atoms. The number of rotatable bonds is 4. The molecule has 4 N–H and O–H groups in total. The highest BCUT2D eigenvalue weighted by Crippen LogP contribution is 2.26. The molecule has 7 heteroatoms. The molecule has 2 heterocycles. The van der Waals surface area contributed by atoms with Crippen molar-refractivity contribution in [2.45, 2.75) is 13.5 Å². The van der Waals surface area contributed by atoms with Crippen molar-refractivity contribution in [1.29, 1.82) is 0 Å². The van der Waals surface area contributed by atoms with Crippen LogP contribution in [-0.4, -0.2) is 17.0 Å². The first kappa shape index (κ1) is 12.5. The number of nitrogens with two attached hydrogens (primary N) is 1. The molecule has 96 valence electrons. The Morgan fingerprint density at radius 3 is 2.78 bits per heavy atom. The van der Waals surface area contributed by atoms with Crippen LogP contribution in [0.5, 0.6) is 0 Å². The van der Waals surface area contributed by atoms with E-state index < -0.39 is 0 Å². The van der Waals surface area contributed by atoms with Crippen LogP contribution in [0.4, 0.5) is 17.3 Å². The maximum absolute atomic E-state index is 5.77. The number of hydrogen-bond acceptors (Lipinski definition) is 6. The fraction of sp³-hybridized carbons (Fsp3) is 0.273. The van der Waals surface area contributed by atoms with Gasteiger partial charge in [0.2, 0.25) is 5.28 Å². The fourth-order valence-electron chi connectivity index (χ4n) is 1.58.